The molecule has 0 spiro atoms. The molecular formula is C26H36B2Br2O4. The van der Waals surface area contributed by atoms with Crippen molar-refractivity contribution in [3.8, 4) is 0 Å². The molecule has 184 valence electrons. The molecule has 0 bridgehead atoms. The van der Waals surface area contributed by atoms with Gasteiger partial charge in [0.25, 0.3) is 0 Å². The number of hydrogen-bond acceptors (Lipinski definition) is 4. The van der Waals surface area contributed by atoms with Crippen LogP contribution in [0.2, 0.25) is 0 Å². The first-order chi connectivity index (χ1) is 15.4. The first kappa shape index (κ1) is 27.9. The molecule has 2 fully saturated rings. The van der Waals surface area contributed by atoms with Crippen molar-refractivity contribution in [1.82, 2.24) is 0 Å². The normalized spacial score (nSPS) is 21.9. The molecule has 2 aliphatic rings. The van der Waals surface area contributed by atoms with Crippen molar-refractivity contribution in [2.45, 2.75) is 91.6 Å². The molecule has 0 aliphatic carbocycles. The molecule has 2 aromatic carbocycles. The van der Waals surface area contributed by atoms with Crippen molar-refractivity contribution in [1.29, 1.82) is 0 Å². The van der Waals surface area contributed by atoms with Crippen LogP contribution in [-0.4, -0.2) is 36.6 Å². The highest BCUT2D eigenvalue weighted by Gasteiger charge is 2.53. The molecule has 2 heterocycles. The maximum absolute atomic E-state index is 6.20. The zero-order valence-corrected chi connectivity index (χ0v) is 25.2. The molecule has 0 N–H and O–H groups in total. The van der Waals surface area contributed by atoms with Crippen LogP contribution >= 0.6 is 31.9 Å². The van der Waals surface area contributed by atoms with Crippen LogP contribution in [-0.2, 0) is 18.6 Å². The molecule has 0 aromatic heterocycles. The number of benzene rings is 2. The molecular weight excluding hydrogens is 558 g/mol. The fraction of sp³-hybridized carbons (Fsp3) is 0.538. The minimum Gasteiger partial charge on any atom is -0.399 e. The van der Waals surface area contributed by atoms with E-state index in [9.17, 15) is 0 Å². The molecule has 8 heteroatoms. The number of hydrogen-bond donors (Lipinski definition) is 0. The van der Waals surface area contributed by atoms with Gasteiger partial charge in [-0.2, -0.15) is 0 Å². The van der Waals surface area contributed by atoms with E-state index in [1.54, 1.807) is 0 Å². The van der Waals surface area contributed by atoms with Gasteiger partial charge in [0, 0.05) is 8.95 Å². The van der Waals surface area contributed by atoms with Crippen molar-refractivity contribution in [2.24, 2.45) is 0 Å². The molecule has 4 nitrogen and oxygen atoms in total. The number of aryl methyl sites for hydroxylation is 2. The summed E-state index contributed by atoms with van der Waals surface area (Å²) in [5.74, 6) is 0. The van der Waals surface area contributed by atoms with Gasteiger partial charge in [0.2, 0.25) is 0 Å². The van der Waals surface area contributed by atoms with Crippen LogP contribution < -0.4 is 10.9 Å². The summed E-state index contributed by atoms with van der Waals surface area (Å²) in [7, 11) is -0.767. The Hall–Kier alpha value is -0.630. The van der Waals surface area contributed by atoms with E-state index in [2.05, 4.69) is 131 Å². The summed E-state index contributed by atoms with van der Waals surface area (Å²) in [4.78, 5) is 0. The van der Waals surface area contributed by atoms with Gasteiger partial charge in [-0.25, -0.2) is 0 Å². The van der Waals surface area contributed by atoms with Crippen LogP contribution in [0, 0.1) is 13.8 Å². The molecule has 0 saturated carbocycles. The van der Waals surface area contributed by atoms with E-state index < -0.39 is 0 Å². The maximum atomic E-state index is 6.20. The lowest BCUT2D eigenvalue weighted by molar-refractivity contribution is 0.00578. The molecule has 2 saturated heterocycles. The summed E-state index contributed by atoms with van der Waals surface area (Å²) in [6.45, 7) is 20.7. The van der Waals surface area contributed by atoms with E-state index in [1.165, 1.54) is 5.56 Å². The highest BCUT2D eigenvalue weighted by atomic mass is 79.9. The summed E-state index contributed by atoms with van der Waals surface area (Å²) in [6, 6.07) is 12.5. The predicted octanol–water partition coefficient (Wildman–Crippen LogP) is 6.11. The maximum Gasteiger partial charge on any atom is 0.494 e. The summed E-state index contributed by atoms with van der Waals surface area (Å²) in [5.41, 5.74) is 2.98. The lowest BCUT2D eigenvalue weighted by Gasteiger charge is -2.32. The molecule has 4 rings (SSSR count). The second kappa shape index (κ2) is 9.68. The number of halogens is 2. The van der Waals surface area contributed by atoms with E-state index in [0.29, 0.717) is 0 Å². The van der Waals surface area contributed by atoms with Crippen LogP contribution in [0.5, 0.6) is 0 Å². The summed E-state index contributed by atoms with van der Waals surface area (Å²) in [5, 5.41) is 0. The van der Waals surface area contributed by atoms with Gasteiger partial charge in [-0.1, -0.05) is 55.6 Å². The highest BCUT2D eigenvalue weighted by molar-refractivity contribution is 9.11. The van der Waals surface area contributed by atoms with E-state index in [0.717, 1.165) is 25.4 Å². The molecule has 0 radical (unpaired) electrons. The van der Waals surface area contributed by atoms with Crippen molar-refractivity contribution in [2.75, 3.05) is 0 Å². The van der Waals surface area contributed by atoms with Gasteiger partial charge in [0.15, 0.2) is 0 Å². The lowest BCUT2D eigenvalue weighted by atomic mass is 9.71. The third-order valence-electron chi connectivity index (χ3n) is 7.18. The zero-order valence-electron chi connectivity index (χ0n) is 22.0. The smallest absolute Gasteiger partial charge is 0.399 e. The summed E-state index contributed by atoms with van der Waals surface area (Å²) < 4.78 is 27.0. The monoisotopic (exact) mass is 592 g/mol. The zero-order chi connectivity index (χ0) is 25.7. The molecule has 0 unspecified atom stereocenters. The Morgan fingerprint density at radius 1 is 0.500 bits per heavy atom. The van der Waals surface area contributed by atoms with Crippen molar-refractivity contribution < 1.29 is 18.6 Å². The Bertz CT molecular complexity index is 916. The van der Waals surface area contributed by atoms with Crippen LogP contribution in [0.1, 0.15) is 66.5 Å². The van der Waals surface area contributed by atoms with Crippen molar-refractivity contribution >= 4 is 57.0 Å². The molecule has 2 aliphatic heterocycles. The Balaban J connectivity index is 0.000000302. The van der Waals surface area contributed by atoms with Crippen LogP contribution in [0.4, 0.5) is 0 Å². The van der Waals surface area contributed by atoms with Gasteiger partial charge < -0.3 is 18.6 Å². The Morgan fingerprint density at radius 3 is 1.09 bits per heavy atom. The molecule has 34 heavy (non-hydrogen) atoms. The Labute approximate surface area is 223 Å². The third kappa shape index (κ3) is 6.01. The van der Waals surface area contributed by atoms with Gasteiger partial charge in [0.05, 0.1) is 22.4 Å². The number of rotatable bonds is 2. The third-order valence-corrected chi connectivity index (χ3v) is 8.10. The first-order valence-corrected chi connectivity index (χ1v) is 13.3. The van der Waals surface area contributed by atoms with E-state index in [4.69, 9.17) is 18.6 Å². The van der Waals surface area contributed by atoms with Crippen molar-refractivity contribution in [3.63, 3.8) is 0 Å². The SMILES string of the molecule is Cc1cc(B2OC(C)(C)C(C)(C)O2)cc(B2OC(C)(C)C(C)(C)O2)c1.Cc1cc(Br)cc(Br)c1. The van der Waals surface area contributed by atoms with Gasteiger partial charge in [-0.3, -0.25) is 0 Å². The van der Waals surface area contributed by atoms with Crippen LogP contribution in [0.3, 0.4) is 0 Å². The van der Waals surface area contributed by atoms with Crippen molar-refractivity contribution in [3.05, 3.63) is 56.5 Å². The summed E-state index contributed by atoms with van der Waals surface area (Å²) >= 11 is 6.77. The minimum atomic E-state index is -0.383. The average molecular weight is 594 g/mol. The second-order valence-corrected chi connectivity index (χ2v) is 13.1. The molecule has 0 atom stereocenters. The predicted molar refractivity (Wildman–Crippen MR) is 149 cm³/mol. The highest BCUT2D eigenvalue weighted by Crippen LogP contribution is 2.38. The fourth-order valence-electron chi connectivity index (χ4n) is 3.77. The van der Waals surface area contributed by atoms with E-state index in [-0.39, 0.29) is 36.6 Å². The molecule has 0 amide bonds. The standard InChI is InChI=1S/C19H30B2O4.C7H6Br2/c1-13-10-14(20-22-16(2,3)17(4,5)23-20)12-15(11-13)21-24-18(6,7)19(8,9)25-21;1-5-2-6(8)4-7(9)3-5/h10-12H,1-9H3;2-4H,1H3. The minimum absolute atomic E-state index is 0.355. The second-order valence-electron chi connectivity index (χ2n) is 11.3. The quantitative estimate of drug-likeness (QED) is 0.394. The largest absolute Gasteiger partial charge is 0.494 e. The first-order valence-electron chi connectivity index (χ1n) is 11.7. The van der Waals surface area contributed by atoms with Crippen LogP contribution in [0.15, 0.2) is 45.3 Å². The van der Waals surface area contributed by atoms with Crippen LogP contribution in [0.25, 0.3) is 0 Å². The average Bonchev–Trinajstić information content (AvgIpc) is 3.00. The van der Waals surface area contributed by atoms with E-state index in [1.807, 2.05) is 6.07 Å². The lowest BCUT2D eigenvalue weighted by Crippen LogP contribution is -2.41. The van der Waals surface area contributed by atoms with E-state index >= 15 is 0 Å². The topological polar surface area (TPSA) is 36.9 Å². The summed E-state index contributed by atoms with van der Waals surface area (Å²) in [6.07, 6.45) is 0. The van der Waals surface area contributed by atoms with Gasteiger partial charge >= 0.3 is 14.2 Å². The molecule has 2 aromatic rings. The van der Waals surface area contributed by atoms with Gasteiger partial charge in [-0.15, -0.1) is 0 Å². The Morgan fingerprint density at radius 2 is 0.794 bits per heavy atom. The van der Waals surface area contributed by atoms with Gasteiger partial charge in [-0.05, 0) is 104 Å². The Kier molecular flexibility index (Phi) is 7.96. The fourth-order valence-corrected chi connectivity index (χ4v) is 5.29. The van der Waals surface area contributed by atoms with Gasteiger partial charge in [0.1, 0.15) is 0 Å².